The molecule has 3 aromatic carbocycles. The van der Waals surface area contributed by atoms with Gasteiger partial charge < -0.3 is 25.2 Å². The molecule has 5 aliphatic rings. The van der Waals surface area contributed by atoms with Crippen LogP contribution in [-0.4, -0.2) is 38.5 Å². The zero-order chi connectivity index (χ0) is 33.2. The van der Waals surface area contributed by atoms with Crippen molar-refractivity contribution >= 4 is 17.8 Å². The fraction of sp³-hybridized carbons (Fsp3) is 0.425. The maximum atomic E-state index is 13.1. The van der Waals surface area contributed by atoms with Crippen molar-refractivity contribution in [1.82, 2.24) is 20.6 Å². The maximum Gasteiger partial charge on any atom is 0.315 e. The molecule has 1 saturated heterocycles. The zero-order valence-electron chi connectivity index (χ0n) is 27.7. The lowest BCUT2D eigenvalue weighted by molar-refractivity contribution is -0.245. The number of thioether (sulfide) groups is 1. The largest absolute Gasteiger partial charge is 0.392 e. The smallest absolute Gasteiger partial charge is 0.315 e. The highest BCUT2D eigenvalue weighted by molar-refractivity contribution is 7.99. The van der Waals surface area contributed by atoms with E-state index in [1.807, 2.05) is 30.3 Å². The molecule has 8 nitrogen and oxygen atoms in total. The molecule has 4 bridgehead atoms. The van der Waals surface area contributed by atoms with Crippen LogP contribution in [-0.2, 0) is 22.6 Å². The van der Waals surface area contributed by atoms with Gasteiger partial charge in [-0.05, 0) is 96.2 Å². The summed E-state index contributed by atoms with van der Waals surface area (Å²) < 4.78 is 13.1. The molecule has 2 heterocycles. The fourth-order valence-electron chi connectivity index (χ4n) is 8.97. The number of urea groups is 1. The number of hydrogen-bond acceptors (Lipinski definition) is 7. The molecule has 0 radical (unpaired) electrons. The Balaban J connectivity index is 0.919. The lowest BCUT2D eigenvalue weighted by Crippen LogP contribution is -2.61. The molecule has 5 fully saturated rings. The second-order valence-electron chi connectivity index (χ2n) is 14.5. The Morgan fingerprint density at radius 3 is 2.18 bits per heavy atom. The molecule has 1 aromatic heterocycles. The Hall–Kier alpha value is -3.76. The minimum absolute atomic E-state index is 0.00785. The third kappa shape index (κ3) is 7.55. The van der Waals surface area contributed by atoms with E-state index in [1.165, 1.54) is 19.3 Å². The van der Waals surface area contributed by atoms with Crippen molar-refractivity contribution in [3.05, 3.63) is 114 Å². The number of aromatic nitrogens is 2. The van der Waals surface area contributed by atoms with Gasteiger partial charge in [0.15, 0.2) is 11.4 Å². The molecule has 49 heavy (non-hydrogen) atoms. The number of amides is 2. The number of rotatable bonds is 10. The van der Waals surface area contributed by atoms with Crippen molar-refractivity contribution in [2.75, 3.05) is 5.75 Å². The second kappa shape index (κ2) is 14.2. The van der Waals surface area contributed by atoms with Crippen LogP contribution in [0.4, 0.5) is 4.79 Å². The molecular weight excluding hydrogens is 633 g/mol. The standard InChI is InChI=1S/C40H44N4O4S/c45-24-26-5-7-32(8-6-26)36-19-35(25-49-39-41-13-2-14-42-39)47-37(48-36)33-11-9-31(10-12-33)34-4-1-3-27(18-34)23-43-38(46)44-40-20-28-15-29(21-40)17-30(16-28)22-40/h1-14,18,28-30,35-37,45H,15-17,19-25H2,(H2,43,44,46)/t28?,29?,30?,35-,36+,37+,40?/m1/s1. The van der Waals surface area contributed by atoms with Gasteiger partial charge in [-0.2, -0.15) is 0 Å². The van der Waals surface area contributed by atoms with Crippen LogP contribution in [0.5, 0.6) is 0 Å². The predicted molar refractivity (Wildman–Crippen MR) is 189 cm³/mol. The van der Waals surface area contributed by atoms with Gasteiger partial charge in [0.25, 0.3) is 0 Å². The van der Waals surface area contributed by atoms with Crippen LogP contribution in [0.25, 0.3) is 11.1 Å². The number of benzene rings is 3. The van der Waals surface area contributed by atoms with Gasteiger partial charge in [0, 0.05) is 42.2 Å². The van der Waals surface area contributed by atoms with E-state index in [-0.39, 0.29) is 30.4 Å². The summed E-state index contributed by atoms with van der Waals surface area (Å²) in [6.45, 7) is 0.499. The van der Waals surface area contributed by atoms with Crippen LogP contribution in [0.15, 0.2) is 96.4 Å². The highest BCUT2D eigenvalue weighted by atomic mass is 32.2. The molecule has 9 rings (SSSR count). The van der Waals surface area contributed by atoms with Gasteiger partial charge in [0.1, 0.15) is 0 Å². The lowest BCUT2D eigenvalue weighted by Gasteiger charge is -2.56. The van der Waals surface area contributed by atoms with E-state index in [1.54, 1.807) is 24.2 Å². The molecule has 9 heteroatoms. The number of hydrogen-bond donors (Lipinski definition) is 3. The summed E-state index contributed by atoms with van der Waals surface area (Å²) in [6.07, 6.45) is 11.0. The number of carbonyl (C=O) groups excluding carboxylic acids is 1. The highest BCUT2D eigenvalue weighted by Crippen LogP contribution is 2.55. The van der Waals surface area contributed by atoms with E-state index in [2.05, 4.69) is 69.1 Å². The molecule has 4 saturated carbocycles. The van der Waals surface area contributed by atoms with Crippen LogP contribution in [0.3, 0.4) is 0 Å². The van der Waals surface area contributed by atoms with Gasteiger partial charge >= 0.3 is 6.03 Å². The molecule has 2 amide bonds. The third-order valence-corrected chi connectivity index (χ3v) is 11.9. The average molecular weight is 677 g/mol. The summed E-state index contributed by atoms with van der Waals surface area (Å²) in [5.74, 6) is 3.10. The number of aliphatic hydroxyl groups is 1. The van der Waals surface area contributed by atoms with E-state index >= 15 is 0 Å². The van der Waals surface area contributed by atoms with E-state index in [4.69, 9.17) is 9.47 Å². The van der Waals surface area contributed by atoms with E-state index < -0.39 is 6.29 Å². The maximum absolute atomic E-state index is 13.1. The SMILES string of the molecule is O=C(NCc1cccc(-c2ccc([C@H]3O[C@@H](CSc4ncccn4)C[C@@H](c4ccc(CO)cc4)O3)cc2)c1)NC12CC3CC(CC(C3)C1)C2. The Kier molecular flexibility index (Phi) is 9.42. The summed E-state index contributed by atoms with van der Waals surface area (Å²) in [5, 5.41) is 16.8. The van der Waals surface area contributed by atoms with Gasteiger partial charge in [-0.1, -0.05) is 78.5 Å². The van der Waals surface area contributed by atoms with Crippen LogP contribution in [0, 0.1) is 17.8 Å². The first-order chi connectivity index (χ1) is 24.0. The molecular formula is C40H44N4O4S. The molecule has 3 atom stereocenters. The van der Waals surface area contributed by atoms with Crippen LogP contribution in [0.1, 0.15) is 79.6 Å². The van der Waals surface area contributed by atoms with Crippen LogP contribution < -0.4 is 10.6 Å². The van der Waals surface area contributed by atoms with Crippen molar-refractivity contribution in [1.29, 1.82) is 0 Å². The van der Waals surface area contributed by atoms with Gasteiger partial charge in [0.05, 0.1) is 18.8 Å². The van der Waals surface area contributed by atoms with E-state index in [0.29, 0.717) is 18.7 Å². The quantitative estimate of drug-likeness (QED) is 0.117. The lowest BCUT2D eigenvalue weighted by atomic mass is 9.53. The zero-order valence-corrected chi connectivity index (χ0v) is 28.5. The molecule has 1 aliphatic heterocycles. The Morgan fingerprint density at radius 1 is 0.796 bits per heavy atom. The number of ether oxygens (including phenoxy) is 2. The summed E-state index contributed by atoms with van der Waals surface area (Å²) in [5.41, 5.74) is 6.14. The second-order valence-corrected chi connectivity index (χ2v) is 15.5. The highest BCUT2D eigenvalue weighted by Gasteiger charge is 2.51. The fourth-order valence-corrected chi connectivity index (χ4v) is 9.80. The Labute approximate surface area is 292 Å². The van der Waals surface area contributed by atoms with Crippen LogP contribution in [0.2, 0.25) is 0 Å². The first kappa shape index (κ1) is 32.4. The minimum Gasteiger partial charge on any atom is -0.392 e. The van der Waals surface area contributed by atoms with Crippen molar-refractivity contribution in [2.45, 2.75) is 87.3 Å². The number of nitrogens with zero attached hydrogens (tertiary/aromatic N) is 2. The summed E-state index contributed by atoms with van der Waals surface area (Å²) in [7, 11) is 0. The first-order valence-corrected chi connectivity index (χ1v) is 18.6. The molecule has 4 aromatic rings. The van der Waals surface area contributed by atoms with E-state index in [0.717, 1.165) is 75.6 Å². The summed E-state index contributed by atoms with van der Waals surface area (Å²) in [6, 6.07) is 26.5. The third-order valence-electron chi connectivity index (χ3n) is 10.9. The summed E-state index contributed by atoms with van der Waals surface area (Å²) in [4.78, 5) is 21.8. The predicted octanol–water partition coefficient (Wildman–Crippen LogP) is 7.74. The van der Waals surface area contributed by atoms with Crippen molar-refractivity contribution in [3.8, 4) is 11.1 Å². The van der Waals surface area contributed by atoms with Crippen molar-refractivity contribution in [3.63, 3.8) is 0 Å². The van der Waals surface area contributed by atoms with Crippen molar-refractivity contribution in [2.24, 2.45) is 17.8 Å². The Morgan fingerprint density at radius 2 is 1.49 bits per heavy atom. The topological polar surface area (TPSA) is 106 Å². The molecule has 0 unspecified atom stereocenters. The number of nitrogens with one attached hydrogen (secondary N) is 2. The molecule has 4 aliphatic carbocycles. The number of aliphatic hydroxyl groups excluding tert-OH is 1. The normalized spacial score (nSPS) is 28.7. The molecule has 0 spiro atoms. The minimum atomic E-state index is -0.532. The average Bonchev–Trinajstić information content (AvgIpc) is 3.13. The first-order valence-electron chi connectivity index (χ1n) is 17.6. The monoisotopic (exact) mass is 676 g/mol. The van der Waals surface area contributed by atoms with Crippen molar-refractivity contribution < 1.29 is 19.4 Å². The van der Waals surface area contributed by atoms with Gasteiger partial charge in [-0.3, -0.25) is 0 Å². The number of carbonyl (C=O) groups is 1. The van der Waals surface area contributed by atoms with Gasteiger partial charge in [-0.25, -0.2) is 14.8 Å². The molecule has 3 N–H and O–H groups in total. The summed E-state index contributed by atoms with van der Waals surface area (Å²) >= 11 is 1.58. The van der Waals surface area contributed by atoms with E-state index in [9.17, 15) is 9.90 Å². The molecule has 254 valence electrons. The van der Waals surface area contributed by atoms with Crippen LogP contribution >= 0.6 is 11.8 Å². The Bertz CT molecular complexity index is 1700. The van der Waals surface area contributed by atoms with Gasteiger partial charge in [-0.15, -0.1) is 0 Å². The van der Waals surface area contributed by atoms with Gasteiger partial charge in [0.2, 0.25) is 0 Å².